The fraction of sp³-hybridized carbons (Fsp3) is 0.667. The van der Waals surface area contributed by atoms with Gasteiger partial charge >= 0.3 is 0 Å². The standard InChI is InChI=1S/C6H11NO/c1-8-6-4-2-3-5(6)7/h2-3,5-6H,4,7H2,1H3. The van der Waals surface area contributed by atoms with E-state index in [2.05, 4.69) is 6.08 Å². The van der Waals surface area contributed by atoms with Gasteiger partial charge in [-0.25, -0.2) is 0 Å². The predicted octanol–water partition coefficient (Wildman–Crippen LogP) is 0.289. The van der Waals surface area contributed by atoms with Crippen molar-refractivity contribution in [3.63, 3.8) is 0 Å². The topological polar surface area (TPSA) is 35.2 Å². The summed E-state index contributed by atoms with van der Waals surface area (Å²) in [6.45, 7) is 0. The zero-order chi connectivity index (χ0) is 5.98. The molecule has 0 bridgehead atoms. The van der Waals surface area contributed by atoms with E-state index in [9.17, 15) is 0 Å². The van der Waals surface area contributed by atoms with Crippen molar-refractivity contribution in [1.82, 2.24) is 0 Å². The van der Waals surface area contributed by atoms with E-state index in [-0.39, 0.29) is 12.1 Å². The molecule has 46 valence electrons. The lowest BCUT2D eigenvalue weighted by atomic mass is 10.2. The molecule has 0 heterocycles. The van der Waals surface area contributed by atoms with Crippen LogP contribution in [0.15, 0.2) is 12.2 Å². The molecule has 0 fully saturated rings. The molecule has 2 unspecified atom stereocenters. The maximum Gasteiger partial charge on any atom is 0.0792 e. The van der Waals surface area contributed by atoms with E-state index < -0.39 is 0 Å². The molecule has 1 aliphatic carbocycles. The van der Waals surface area contributed by atoms with Gasteiger partial charge in [0.25, 0.3) is 0 Å². The van der Waals surface area contributed by atoms with Crippen molar-refractivity contribution >= 4 is 0 Å². The lowest BCUT2D eigenvalue weighted by molar-refractivity contribution is 0.102. The molecule has 0 aromatic carbocycles. The van der Waals surface area contributed by atoms with E-state index in [0.717, 1.165) is 6.42 Å². The molecule has 0 aliphatic heterocycles. The molecular weight excluding hydrogens is 102 g/mol. The molecule has 2 nitrogen and oxygen atoms in total. The second-order valence-electron chi connectivity index (χ2n) is 2.02. The van der Waals surface area contributed by atoms with Crippen LogP contribution in [0.1, 0.15) is 6.42 Å². The molecule has 0 saturated carbocycles. The van der Waals surface area contributed by atoms with E-state index in [1.54, 1.807) is 7.11 Å². The van der Waals surface area contributed by atoms with E-state index in [1.165, 1.54) is 0 Å². The first-order valence-electron chi connectivity index (χ1n) is 2.79. The summed E-state index contributed by atoms with van der Waals surface area (Å²) in [5.41, 5.74) is 5.58. The summed E-state index contributed by atoms with van der Waals surface area (Å²) in [6, 6.07) is 0.125. The summed E-state index contributed by atoms with van der Waals surface area (Å²) in [7, 11) is 1.69. The van der Waals surface area contributed by atoms with Crippen molar-refractivity contribution in [2.75, 3.05) is 7.11 Å². The third-order valence-corrected chi connectivity index (χ3v) is 1.46. The van der Waals surface area contributed by atoms with Crippen LogP contribution in [-0.2, 0) is 4.74 Å². The zero-order valence-electron chi connectivity index (χ0n) is 5.00. The van der Waals surface area contributed by atoms with Gasteiger partial charge in [-0.15, -0.1) is 0 Å². The van der Waals surface area contributed by atoms with Gasteiger partial charge in [0.05, 0.1) is 6.10 Å². The number of hydrogen-bond acceptors (Lipinski definition) is 2. The van der Waals surface area contributed by atoms with Crippen LogP contribution >= 0.6 is 0 Å². The fourth-order valence-electron chi connectivity index (χ4n) is 0.904. The van der Waals surface area contributed by atoms with Crippen LogP contribution in [0.2, 0.25) is 0 Å². The maximum absolute atomic E-state index is 5.58. The van der Waals surface area contributed by atoms with Crippen LogP contribution in [0.5, 0.6) is 0 Å². The highest BCUT2D eigenvalue weighted by Gasteiger charge is 2.16. The van der Waals surface area contributed by atoms with Crippen LogP contribution in [0.25, 0.3) is 0 Å². The SMILES string of the molecule is COC1CC=CC1N. The number of rotatable bonds is 1. The Bertz CT molecular complexity index is 101. The van der Waals surface area contributed by atoms with Crippen molar-refractivity contribution in [2.24, 2.45) is 5.73 Å². The van der Waals surface area contributed by atoms with Crippen LogP contribution in [-0.4, -0.2) is 19.3 Å². The van der Waals surface area contributed by atoms with Gasteiger partial charge in [-0.3, -0.25) is 0 Å². The van der Waals surface area contributed by atoms with Crippen LogP contribution in [0, 0.1) is 0 Å². The quantitative estimate of drug-likeness (QED) is 0.496. The molecule has 2 N–H and O–H groups in total. The molecule has 0 aromatic heterocycles. The van der Waals surface area contributed by atoms with Gasteiger partial charge in [0, 0.05) is 13.2 Å². The van der Waals surface area contributed by atoms with Gasteiger partial charge < -0.3 is 10.5 Å². The number of ether oxygens (including phenoxy) is 1. The Balaban J connectivity index is 2.38. The molecule has 1 rings (SSSR count). The van der Waals surface area contributed by atoms with Gasteiger partial charge in [0.2, 0.25) is 0 Å². The first kappa shape index (κ1) is 5.79. The summed E-state index contributed by atoms with van der Waals surface area (Å²) in [5.74, 6) is 0. The van der Waals surface area contributed by atoms with E-state index in [1.807, 2.05) is 6.08 Å². The molecule has 0 aromatic rings. The Morgan fingerprint density at radius 2 is 2.50 bits per heavy atom. The Morgan fingerprint density at radius 1 is 1.75 bits per heavy atom. The van der Waals surface area contributed by atoms with Gasteiger partial charge in [-0.1, -0.05) is 12.2 Å². The normalized spacial score (nSPS) is 36.2. The second-order valence-corrected chi connectivity index (χ2v) is 2.02. The largest absolute Gasteiger partial charge is 0.379 e. The number of nitrogens with two attached hydrogens (primary N) is 1. The smallest absolute Gasteiger partial charge is 0.0792 e. The van der Waals surface area contributed by atoms with Crippen molar-refractivity contribution in [2.45, 2.75) is 18.6 Å². The average Bonchev–Trinajstić information content (AvgIpc) is 2.14. The van der Waals surface area contributed by atoms with Crippen LogP contribution in [0.3, 0.4) is 0 Å². The highest BCUT2D eigenvalue weighted by atomic mass is 16.5. The van der Waals surface area contributed by atoms with Crippen molar-refractivity contribution < 1.29 is 4.74 Å². The minimum absolute atomic E-state index is 0.125. The van der Waals surface area contributed by atoms with Gasteiger partial charge in [-0.05, 0) is 6.42 Å². The second kappa shape index (κ2) is 2.29. The highest BCUT2D eigenvalue weighted by Crippen LogP contribution is 2.10. The fourth-order valence-corrected chi connectivity index (χ4v) is 0.904. The van der Waals surface area contributed by atoms with Gasteiger partial charge in [0.1, 0.15) is 0 Å². The van der Waals surface area contributed by atoms with Crippen molar-refractivity contribution in [3.8, 4) is 0 Å². The lowest BCUT2D eigenvalue weighted by Crippen LogP contribution is -2.30. The summed E-state index contributed by atoms with van der Waals surface area (Å²) >= 11 is 0. The molecule has 0 radical (unpaired) electrons. The van der Waals surface area contributed by atoms with E-state index in [0.29, 0.717) is 0 Å². The molecule has 0 amide bonds. The van der Waals surface area contributed by atoms with Crippen LogP contribution in [0.4, 0.5) is 0 Å². The summed E-state index contributed by atoms with van der Waals surface area (Å²) in [6.07, 6.45) is 5.24. The zero-order valence-corrected chi connectivity index (χ0v) is 5.00. The first-order chi connectivity index (χ1) is 3.84. The third-order valence-electron chi connectivity index (χ3n) is 1.46. The predicted molar refractivity (Wildman–Crippen MR) is 32.5 cm³/mol. The first-order valence-corrected chi connectivity index (χ1v) is 2.79. The van der Waals surface area contributed by atoms with E-state index >= 15 is 0 Å². The molecule has 0 spiro atoms. The van der Waals surface area contributed by atoms with Crippen molar-refractivity contribution in [3.05, 3.63) is 12.2 Å². The molecule has 2 heteroatoms. The molecule has 0 saturated heterocycles. The number of methoxy groups -OCH3 is 1. The minimum Gasteiger partial charge on any atom is -0.379 e. The monoisotopic (exact) mass is 113 g/mol. The van der Waals surface area contributed by atoms with E-state index in [4.69, 9.17) is 10.5 Å². The summed E-state index contributed by atoms with van der Waals surface area (Å²) in [5, 5.41) is 0. The van der Waals surface area contributed by atoms with Gasteiger partial charge in [0.15, 0.2) is 0 Å². The molecule has 8 heavy (non-hydrogen) atoms. The Kier molecular flexibility index (Phi) is 1.65. The molecular formula is C6H11NO. The molecule has 1 aliphatic rings. The highest BCUT2D eigenvalue weighted by molar-refractivity contribution is 5.05. The lowest BCUT2D eigenvalue weighted by Gasteiger charge is -2.11. The van der Waals surface area contributed by atoms with Gasteiger partial charge in [-0.2, -0.15) is 0 Å². The molecule has 2 atom stereocenters. The number of hydrogen-bond donors (Lipinski definition) is 1. The third kappa shape index (κ3) is 0.904. The van der Waals surface area contributed by atoms with Crippen LogP contribution < -0.4 is 5.73 Å². The maximum atomic E-state index is 5.58. The summed E-state index contributed by atoms with van der Waals surface area (Å²) < 4.78 is 5.04. The Morgan fingerprint density at radius 3 is 2.75 bits per heavy atom. The Labute approximate surface area is 49.3 Å². The Hall–Kier alpha value is -0.340. The van der Waals surface area contributed by atoms with Crippen molar-refractivity contribution in [1.29, 1.82) is 0 Å². The summed E-state index contributed by atoms with van der Waals surface area (Å²) in [4.78, 5) is 0. The average molecular weight is 113 g/mol. The minimum atomic E-state index is 0.125.